The van der Waals surface area contributed by atoms with Crippen molar-refractivity contribution < 1.29 is 9.35 Å². The average molecular weight is 407 g/mol. The molecule has 0 heterocycles. The number of non-ortho nitro benzene ring substituents is 1. The first-order chi connectivity index (χ1) is 9.51. The first-order valence-electron chi connectivity index (χ1n) is 7.00. The Morgan fingerprint density at radius 2 is 1.90 bits per heavy atom. The van der Waals surface area contributed by atoms with Crippen LogP contribution >= 0.6 is 22.6 Å². The van der Waals surface area contributed by atoms with E-state index in [9.17, 15) is 10.1 Å². The van der Waals surface area contributed by atoms with Crippen LogP contribution in [0.5, 0.6) is 0 Å². The molecule has 1 aromatic rings. The van der Waals surface area contributed by atoms with Crippen molar-refractivity contribution in [2.75, 3.05) is 4.43 Å². The summed E-state index contributed by atoms with van der Waals surface area (Å²) in [6.45, 7) is 6.57. The molecule has 1 atom stereocenters. The fourth-order valence-corrected chi connectivity index (χ4v) is 6.18. The highest BCUT2D eigenvalue weighted by atomic mass is 127. The van der Waals surface area contributed by atoms with Crippen LogP contribution in [0.1, 0.15) is 32.4 Å². The molecule has 112 valence electrons. The Balaban J connectivity index is 3.01. The van der Waals surface area contributed by atoms with Crippen molar-refractivity contribution in [1.29, 1.82) is 0 Å². The topological polar surface area (TPSA) is 52.4 Å². The van der Waals surface area contributed by atoms with Gasteiger partial charge in [-0.15, -0.1) is 0 Å². The van der Waals surface area contributed by atoms with Gasteiger partial charge in [-0.3, -0.25) is 10.1 Å². The van der Waals surface area contributed by atoms with Gasteiger partial charge in [0.05, 0.1) is 11.0 Å². The van der Waals surface area contributed by atoms with Crippen LogP contribution < -0.4 is 0 Å². The zero-order chi connectivity index (χ0) is 15.2. The number of halogens is 1. The highest BCUT2D eigenvalue weighted by Crippen LogP contribution is 2.32. The summed E-state index contributed by atoms with van der Waals surface area (Å²) in [5.41, 5.74) is 1.05. The summed E-state index contributed by atoms with van der Waals surface area (Å²) in [5, 5.41) is 10.9. The summed E-state index contributed by atoms with van der Waals surface area (Å²) in [5.74, 6) is 0. The minimum atomic E-state index is -1.70. The Kier molecular flexibility index (Phi) is 7.11. The summed E-state index contributed by atoms with van der Waals surface area (Å²) < 4.78 is 7.28. The van der Waals surface area contributed by atoms with Gasteiger partial charge in [0.1, 0.15) is 0 Å². The van der Waals surface area contributed by atoms with Crippen LogP contribution in [-0.2, 0) is 4.43 Å². The smallest absolute Gasteiger partial charge is 0.269 e. The van der Waals surface area contributed by atoms with Gasteiger partial charge >= 0.3 is 0 Å². The van der Waals surface area contributed by atoms with Crippen molar-refractivity contribution in [3.05, 3.63) is 39.9 Å². The second-order valence-electron chi connectivity index (χ2n) is 4.86. The zero-order valence-electron chi connectivity index (χ0n) is 12.3. The molecule has 0 N–H and O–H groups in total. The van der Waals surface area contributed by atoms with E-state index in [4.69, 9.17) is 4.43 Å². The summed E-state index contributed by atoms with van der Waals surface area (Å²) in [7, 11) is -1.70. The first kappa shape index (κ1) is 17.6. The van der Waals surface area contributed by atoms with Crippen molar-refractivity contribution in [1.82, 2.24) is 0 Å². The Hall–Kier alpha value is -0.473. The minimum Gasteiger partial charge on any atom is -0.409 e. The molecule has 0 aliphatic heterocycles. The minimum absolute atomic E-state index is 0.0398. The van der Waals surface area contributed by atoms with E-state index in [1.807, 2.05) is 6.07 Å². The average Bonchev–Trinajstić information content (AvgIpc) is 2.49. The number of hydrogen-bond donors (Lipinski definition) is 0. The molecule has 0 saturated heterocycles. The molecule has 6 heteroatoms. The van der Waals surface area contributed by atoms with E-state index in [2.05, 4.69) is 43.4 Å². The van der Waals surface area contributed by atoms with E-state index >= 15 is 0 Å². The van der Waals surface area contributed by atoms with Crippen LogP contribution in [0.3, 0.4) is 0 Å². The van der Waals surface area contributed by atoms with Crippen LogP contribution in [-0.4, -0.2) is 17.7 Å². The largest absolute Gasteiger partial charge is 0.409 e. The summed E-state index contributed by atoms with van der Waals surface area (Å²) in [6.07, 6.45) is -0.0398. The molecule has 0 bridgehead atoms. The molecule has 0 spiro atoms. The third-order valence-electron chi connectivity index (χ3n) is 3.92. The lowest BCUT2D eigenvalue weighted by Crippen LogP contribution is -2.37. The summed E-state index contributed by atoms with van der Waals surface area (Å²) >= 11 is 2.30. The van der Waals surface area contributed by atoms with Crippen molar-refractivity contribution in [3.63, 3.8) is 0 Å². The fraction of sp³-hybridized carbons (Fsp3) is 0.571. The third-order valence-corrected chi connectivity index (χ3v) is 9.37. The predicted octanol–water partition coefficient (Wildman–Crippen LogP) is 5.09. The number of nitrogens with zero attached hydrogens (tertiary/aromatic N) is 1. The van der Waals surface area contributed by atoms with Crippen molar-refractivity contribution >= 4 is 36.6 Å². The maximum atomic E-state index is 10.9. The lowest BCUT2D eigenvalue weighted by atomic mass is 10.1. The van der Waals surface area contributed by atoms with Gasteiger partial charge in [-0.25, -0.2) is 0 Å². The second kappa shape index (κ2) is 8.09. The van der Waals surface area contributed by atoms with Crippen LogP contribution in [0.4, 0.5) is 5.69 Å². The zero-order valence-corrected chi connectivity index (χ0v) is 15.4. The predicted molar refractivity (Wildman–Crippen MR) is 93.0 cm³/mol. The molecule has 0 unspecified atom stereocenters. The monoisotopic (exact) mass is 407 g/mol. The van der Waals surface area contributed by atoms with Gasteiger partial charge in [0.2, 0.25) is 0 Å². The molecule has 0 aliphatic rings. The van der Waals surface area contributed by atoms with Gasteiger partial charge in [0.15, 0.2) is 8.32 Å². The molecule has 0 radical (unpaired) electrons. The van der Waals surface area contributed by atoms with Crippen LogP contribution in [0.15, 0.2) is 24.3 Å². The molecule has 0 amide bonds. The van der Waals surface area contributed by atoms with E-state index < -0.39 is 8.32 Å². The SMILES string of the molecule is CC[Si](CC)(CC)O[C@H](CI)c1cccc([N+](=O)[O-])c1. The number of hydrogen-bond acceptors (Lipinski definition) is 3. The second-order valence-corrected chi connectivity index (χ2v) is 10.5. The number of alkyl halides is 1. The molecule has 1 rings (SSSR count). The van der Waals surface area contributed by atoms with Crippen LogP contribution in [0.2, 0.25) is 18.1 Å². The number of rotatable bonds is 8. The quantitative estimate of drug-likeness (QED) is 0.198. The van der Waals surface area contributed by atoms with E-state index in [1.165, 1.54) is 6.07 Å². The van der Waals surface area contributed by atoms with E-state index in [0.29, 0.717) is 0 Å². The Bertz CT molecular complexity index is 444. The van der Waals surface area contributed by atoms with Crippen molar-refractivity contribution in [2.24, 2.45) is 0 Å². The maximum Gasteiger partial charge on any atom is 0.269 e. The van der Waals surface area contributed by atoms with E-state index in [1.54, 1.807) is 12.1 Å². The molecular formula is C14H22INO3Si. The normalized spacial score (nSPS) is 13.2. The van der Waals surface area contributed by atoms with Gasteiger partial charge in [0.25, 0.3) is 5.69 Å². The first-order valence-corrected chi connectivity index (χ1v) is 11.1. The van der Waals surface area contributed by atoms with Crippen molar-refractivity contribution in [2.45, 2.75) is 45.0 Å². The molecule has 1 aromatic carbocycles. The van der Waals surface area contributed by atoms with Gasteiger partial charge in [-0.05, 0) is 23.7 Å². The summed E-state index contributed by atoms with van der Waals surface area (Å²) in [6, 6.07) is 10.1. The molecule has 0 saturated carbocycles. The van der Waals surface area contributed by atoms with Gasteiger partial charge in [-0.2, -0.15) is 0 Å². The molecule has 0 aromatic heterocycles. The molecule has 4 nitrogen and oxygen atoms in total. The lowest BCUT2D eigenvalue weighted by Gasteiger charge is -2.32. The van der Waals surface area contributed by atoms with Crippen molar-refractivity contribution in [3.8, 4) is 0 Å². The van der Waals surface area contributed by atoms with E-state index in [-0.39, 0.29) is 16.7 Å². The van der Waals surface area contributed by atoms with E-state index in [0.717, 1.165) is 28.1 Å². The maximum absolute atomic E-state index is 10.9. The summed E-state index contributed by atoms with van der Waals surface area (Å²) in [4.78, 5) is 10.5. The van der Waals surface area contributed by atoms with Gasteiger partial charge in [0, 0.05) is 16.6 Å². The Morgan fingerprint density at radius 3 is 2.35 bits per heavy atom. The molecular weight excluding hydrogens is 385 g/mol. The van der Waals surface area contributed by atoms with Gasteiger partial charge < -0.3 is 4.43 Å². The Labute approximate surface area is 135 Å². The standard InChI is InChI=1S/C14H22INO3Si/c1-4-20(5-2,6-3)19-14(11-15)12-8-7-9-13(10-12)16(17)18/h7-10,14H,4-6,11H2,1-3H3/t14-/m1/s1. The highest BCUT2D eigenvalue weighted by Gasteiger charge is 2.32. The third kappa shape index (κ3) is 4.26. The van der Waals surface area contributed by atoms with Gasteiger partial charge in [-0.1, -0.05) is 55.5 Å². The fourth-order valence-electron chi connectivity index (χ4n) is 2.33. The molecule has 0 fully saturated rings. The number of nitro benzene ring substituents is 1. The number of nitro groups is 1. The molecule has 0 aliphatic carbocycles. The molecule has 20 heavy (non-hydrogen) atoms. The highest BCUT2D eigenvalue weighted by molar-refractivity contribution is 14.1. The Morgan fingerprint density at radius 1 is 1.30 bits per heavy atom. The van der Waals surface area contributed by atoms with Crippen LogP contribution in [0, 0.1) is 10.1 Å². The van der Waals surface area contributed by atoms with Crippen LogP contribution in [0.25, 0.3) is 0 Å². The number of benzene rings is 1. The lowest BCUT2D eigenvalue weighted by molar-refractivity contribution is -0.385.